The summed E-state index contributed by atoms with van der Waals surface area (Å²) in [6.07, 6.45) is 7.12. The maximum absolute atomic E-state index is 15.4. The molecule has 48 heavy (non-hydrogen) atoms. The molecule has 254 valence electrons. The molecule has 0 amide bonds. The summed E-state index contributed by atoms with van der Waals surface area (Å²) >= 11 is 0. The van der Waals surface area contributed by atoms with Crippen molar-refractivity contribution in [3.05, 3.63) is 73.5 Å². The number of carbonyl (C=O) groups is 1. The van der Waals surface area contributed by atoms with E-state index < -0.39 is 5.82 Å². The van der Waals surface area contributed by atoms with E-state index >= 15 is 4.39 Å². The Balaban J connectivity index is 0.00000107. The summed E-state index contributed by atoms with van der Waals surface area (Å²) in [5, 5.41) is 7.57. The van der Waals surface area contributed by atoms with Crippen LogP contribution in [0.15, 0.2) is 67.6 Å². The largest absolute Gasteiger partial charge is 0.495 e. The van der Waals surface area contributed by atoms with E-state index in [1.807, 2.05) is 18.2 Å². The summed E-state index contributed by atoms with van der Waals surface area (Å²) in [6.45, 7) is 13.4. The third-order valence-corrected chi connectivity index (χ3v) is 8.65. The van der Waals surface area contributed by atoms with Gasteiger partial charge in [0.15, 0.2) is 0 Å². The number of fused-ring (bicyclic) bond motifs is 1. The first-order valence-electron chi connectivity index (χ1n) is 16.3. The fraction of sp³-hybridized carbons (Fsp3) is 0.389. The van der Waals surface area contributed by atoms with Crippen LogP contribution < -0.4 is 25.0 Å². The number of benzene rings is 2. The van der Waals surface area contributed by atoms with Gasteiger partial charge >= 0.3 is 0 Å². The molecule has 2 N–H and O–H groups in total. The standard InChI is InChI=1S/C33H41FN8O2.C3H4O/c1-22(2)41-13-15-42(16-14-41)32-18-25(7-10-35-32)44-24-5-6-28(27(34)17-24)39-33-26-19-30(38-23-8-11-40(3)12-9-23)31(43-4)20-29(26)36-21-37-33;1-2-3-4/h5-7,10,17-23,38H,8-9,11-16H2,1-4H3,(H,36,37,39);2-3H,1H2. The minimum atomic E-state index is -0.452. The topological polar surface area (TPSA) is 108 Å². The Labute approximate surface area is 281 Å². The van der Waals surface area contributed by atoms with Crippen LogP contribution in [-0.2, 0) is 4.79 Å². The smallest absolute Gasteiger partial charge is 0.150 e. The van der Waals surface area contributed by atoms with Crippen LogP contribution in [0.25, 0.3) is 10.9 Å². The van der Waals surface area contributed by atoms with Crippen LogP contribution in [0, 0.1) is 5.82 Å². The lowest BCUT2D eigenvalue weighted by molar-refractivity contribution is -0.104. The number of methoxy groups -OCH3 is 1. The van der Waals surface area contributed by atoms with Gasteiger partial charge in [0.1, 0.15) is 47.3 Å². The fourth-order valence-electron chi connectivity index (χ4n) is 5.87. The van der Waals surface area contributed by atoms with Gasteiger partial charge in [-0.1, -0.05) is 6.58 Å². The first-order chi connectivity index (χ1) is 23.3. The zero-order valence-corrected chi connectivity index (χ0v) is 28.2. The van der Waals surface area contributed by atoms with Crippen LogP contribution in [0.1, 0.15) is 26.7 Å². The first kappa shape index (κ1) is 34.5. The van der Waals surface area contributed by atoms with Gasteiger partial charge in [0.05, 0.1) is 24.0 Å². The molecule has 0 saturated carbocycles. The highest BCUT2D eigenvalue weighted by atomic mass is 19.1. The number of hydrogen-bond acceptors (Lipinski definition) is 11. The molecule has 4 aromatic rings. The molecule has 0 atom stereocenters. The van der Waals surface area contributed by atoms with Gasteiger partial charge in [0.25, 0.3) is 0 Å². The molecule has 12 heteroatoms. The maximum Gasteiger partial charge on any atom is 0.150 e. The number of piperazine rings is 1. The molecule has 2 aromatic carbocycles. The molecule has 2 aliphatic rings. The van der Waals surface area contributed by atoms with Gasteiger partial charge in [-0.25, -0.2) is 19.3 Å². The van der Waals surface area contributed by atoms with Gasteiger partial charge in [-0.3, -0.25) is 9.69 Å². The van der Waals surface area contributed by atoms with Gasteiger partial charge in [0, 0.05) is 68.0 Å². The number of carbonyl (C=O) groups excluding carboxylic acids is 1. The maximum atomic E-state index is 15.4. The second-order valence-corrected chi connectivity index (χ2v) is 12.2. The lowest BCUT2D eigenvalue weighted by Gasteiger charge is -2.37. The highest BCUT2D eigenvalue weighted by molar-refractivity contribution is 5.95. The summed E-state index contributed by atoms with van der Waals surface area (Å²) in [5.41, 5.74) is 1.86. The normalized spacial score (nSPS) is 15.8. The van der Waals surface area contributed by atoms with E-state index in [1.165, 1.54) is 18.5 Å². The molecule has 0 unspecified atom stereocenters. The number of halogens is 1. The molecular formula is C36H45FN8O3. The van der Waals surface area contributed by atoms with Crippen molar-refractivity contribution in [1.29, 1.82) is 0 Å². The van der Waals surface area contributed by atoms with Crippen LogP contribution in [0.2, 0.25) is 0 Å². The molecule has 0 bridgehead atoms. The molecule has 4 heterocycles. The SMILES string of the molecule is C=CC=O.COc1cc2ncnc(Nc3ccc(Oc4ccnc(N5CCN(C(C)C)CC5)c4)cc3F)c2cc1NC1CCN(C)CC1. The monoisotopic (exact) mass is 656 g/mol. The van der Waals surface area contributed by atoms with Gasteiger partial charge in [-0.15, -0.1) is 0 Å². The molecule has 0 radical (unpaired) electrons. The summed E-state index contributed by atoms with van der Waals surface area (Å²) < 4.78 is 27.1. The van der Waals surface area contributed by atoms with Gasteiger partial charge in [0.2, 0.25) is 0 Å². The number of hydrogen-bond donors (Lipinski definition) is 2. The van der Waals surface area contributed by atoms with Crippen molar-refractivity contribution in [1.82, 2.24) is 24.8 Å². The summed E-state index contributed by atoms with van der Waals surface area (Å²) in [7, 11) is 3.80. The Morgan fingerprint density at radius 3 is 2.35 bits per heavy atom. The van der Waals surface area contributed by atoms with E-state index in [-0.39, 0.29) is 5.69 Å². The molecule has 2 saturated heterocycles. The van der Waals surface area contributed by atoms with Gasteiger partial charge < -0.3 is 29.9 Å². The average molecular weight is 657 g/mol. The number of piperidine rings is 1. The Hall–Kier alpha value is -4.81. The van der Waals surface area contributed by atoms with E-state index in [1.54, 1.807) is 31.5 Å². The highest BCUT2D eigenvalue weighted by Crippen LogP contribution is 2.35. The molecule has 2 aliphatic heterocycles. The first-order valence-corrected chi connectivity index (χ1v) is 16.3. The van der Waals surface area contributed by atoms with Crippen molar-refractivity contribution in [2.75, 3.05) is 69.0 Å². The highest BCUT2D eigenvalue weighted by Gasteiger charge is 2.21. The number of ether oxygens (including phenoxy) is 2. The number of aromatic nitrogens is 3. The second-order valence-electron chi connectivity index (χ2n) is 12.2. The molecule has 0 spiro atoms. The van der Waals surface area contributed by atoms with Crippen LogP contribution in [0.5, 0.6) is 17.2 Å². The minimum absolute atomic E-state index is 0.288. The van der Waals surface area contributed by atoms with Crippen LogP contribution in [0.4, 0.5) is 27.4 Å². The summed E-state index contributed by atoms with van der Waals surface area (Å²) in [5.74, 6) is 2.64. The lowest BCUT2D eigenvalue weighted by Crippen LogP contribution is -2.49. The van der Waals surface area contributed by atoms with Crippen LogP contribution in [0.3, 0.4) is 0 Å². The Morgan fingerprint density at radius 2 is 1.69 bits per heavy atom. The minimum Gasteiger partial charge on any atom is -0.495 e. The molecule has 11 nitrogen and oxygen atoms in total. The number of nitrogens with one attached hydrogen (secondary N) is 2. The number of likely N-dealkylation sites (tertiary alicyclic amines) is 1. The van der Waals surface area contributed by atoms with Crippen molar-refractivity contribution in [2.45, 2.75) is 38.8 Å². The number of aldehydes is 1. The van der Waals surface area contributed by atoms with Crippen molar-refractivity contribution < 1.29 is 18.7 Å². The fourth-order valence-corrected chi connectivity index (χ4v) is 5.87. The van der Waals surface area contributed by atoms with Crippen molar-refractivity contribution >= 4 is 40.2 Å². The zero-order chi connectivity index (χ0) is 34.0. The van der Waals surface area contributed by atoms with Gasteiger partial charge in [-0.2, -0.15) is 0 Å². The molecule has 2 aromatic heterocycles. The van der Waals surface area contributed by atoms with E-state index in [0.717, 1.165) is 69.0 Å². The Kier molecular flexibility index (Phi) is 11.8. The quantitative estimate of drug-likeness (QED) is 0.152. The predicted molar refractivity (Wildman–Crippen MR) is 189 cm³/mol. The van der Waals surface area contributed by atoms with Crippen molar-refractivity contribution in [3.8, 4) is 17.2 Å². The summed E-state index contributed by atoms with van der Waals surface area (Å²) in [6, 6.07) is 13.2. The van der Waals surface area contributed by atoms with E-state index in [2.05, 4.69) is 67.8 Å². The molecule has 6 rings (SSSR count). The summed E-state index contributed by atoms with van der Waals surface area (Å²) in [4.78, 5) is 29.5. The Bertz CT molecular complexity index is 1680. The molecular weight excluding hydrogens is 611 g/mol. The number of pyridine rings is 1. The predicted octanol–water partition coefficient (Wildman–Crippen LogP) is 6.12. The number of rotatable bonds is 10. The van der Waals surface area contributed by atoms with Gasteiger partial charge in [-0.05, 0) is 77.2 Å². The van der Waals surface area contributed by atoms with E-state index in [0.29, 0.717) is 47.0 Å². The van der Waals surface area contributed by atoms with E-state index in [9.17, 15) is 0 Å². The number of nitrogens with zero attached hydrogens (tertiary/aromatic N) is 6. The third-order valence-electron chi connectivity index (χ3n) is 8.65. The van der Waals surface area contributed by atoms with Crippen LogP contribution in [-0.4, -0.2) is 96.5 Å². The second kappa shape index (κ2) is 16.3. The number of anilines is 4. The third kappa shape index (κ3) is 8.75. The lowest BCUT2D eigenvalue weighted by atomic mass is 10.0. The zero-order valence-electron chi connectivity index (χ0n) is 28.2. The molecule has 2 fully saturated rings. The molecule has 0 aliphatic carbocycles. The van der Waals surface area contributed by atoms with Crippen molar-refractivity contribution in [2.24, 2.45) is 0 Å². The van der Waals surface area contributed by atoms with Crippen molar-refractivity contribution in [3.63, 3.8) is 0 Å². The average Bonchev–Trinajstić information content (AvgIpc) is 3.10. The number of allylic oxidation sites excluding steroid dienone is 1. The Morgan fingerprint density at radius 1 is 0.958 bits per heavy atom. The van der Waals surface area contributed by atoms with E-state index in [4.69, 9.17) is 14.3 Å². The van der Waals surface area contributed by atoms with Crippen LogP contribution >= 0.6 is 0 Å².